The van der Waals surface area contributed by atoms with E-state index in [4.69, 9.17) is 5.11 Å². The zero-order chi connectivity index (χ0) is 8.69. The molecule has 0 unspecified atom stereocenters. The lowest BCUT2D eigenvalue weighted by molar-refractivity contribution is 0.455. The van der Waals surface area contributed by atoms with Crippen LogP contribution in [0.4, 0.5) is 0 Å². The Morgan fingerprint density at radius 1 is 1.18 bits per heavy atom. The molecule has 0 bridgehead atoms. The number of unbranched alkanes of at least 4 members (excludes halogenated alkanes) is 3. The van der Waals surface area contributed by atoms with Gasteiger partial charge in [0.25, 0.3) is 0 Å². The van der Waals surface area contributed by atoms with E-state index in [-0.39, 0.29) is 4.67 Å². The minimum Gasteiger partial charge on any atom is -0.501 e. The lowest BCUT2D eigenvalue weighted by Gasteiger charge is -1.98. The van der Waals surface area contributed by atoms with E-state index in [2.05, 4.69) is 38.8 Å². The summed E-state index contributed by atoms with van der Waals surface area (Å²) in [4.78, 5) is 0. The molecule has 0 heterocycles. The van der Waals surface area contributed by atoms with Gasteiger partial charge in [-0.05, 0) is 28.8 Å². The molecule has 0 saturated carbocycles. The number of hydrogen-bond acceptors (Lipinski definition) is 1. The molecule has 0 amide bonds. The van der Waals surface area contributed by atoms with E-state index < -0.39 is 0 Å². The summed E-state index contributed by atoms with van der Waals surface area (Å²) in [6.07, 6.45) is 5.85. The van der Waals surface area contributed by atoms with Gasteiger partial charge in [-0.25, -0.2) is 0 Å². The standard InChI is InChI=1S/C8H14Br2O/c1-2-3-4-5-6-7(9)8(10)11/h11H,2-6H2,1H3. The first kappa shape index (κ1) is 11.5. The third kappa shape index (κ3) is 6.88. The van der Waals surface area contributed by atoms with Gasteiger partial charge in [0.15, 0.2) is 4.67 Å². The van der Waals surface area contributed by atoms with Gasteiger partial charge in [-0.1, -0.05) is 42.1 Å². The van der Waals surface area contributed by atoms with E-state index in [1.807, 2.05) is 0 Å². The van der Waals surface area contributed by atoms with Crippen LogP contribution in [0.5, 0.6) is 0 Å². The van der Waals surface area contributed by atoms with Gasteiger partial charge < -0.3 is 5.11 Å². The third-order valence-corrected chi connectivity index (χ3v) is 3.26. The first-order chi connectivity index (χ1) is 5.18. The molecular formula is C8H14Br2O. The number of aliphatic hydroxyl groups is 1. The summed E-state index contributed by atoms with van der Waals surface area (Å²) in [6.45, 7) is 2.19. The zero-order valence-corrected chi connectivity index (χ0v) is 9.91. The van der Waals surface area contributed by atoms with Crippen LogP contribution in [-0.2, 0) is 0 Å². The summed E-state index contributed by atoms with van der Waals surface area (Å²) < 4.78 is 1.10. The number of aliphatic hydroxyl groups excluding tert-OH is 1. The summed E-state index contributed by atoms with van der Waals surface area (Å²) >= 11 is 6.27. The lowest BCUT2D eigenvalue weighted by Crippen LogP contribution is -1.79. The minimum absolute atomic E-state index is 0.231. The maximum atomic E-state index is 8.93. The molecule has 0 atom stereocenters. The Morgan fingerprint density at radius 3 is 2.27 bits per heavy atom. The lowest BCUT2D eigenvalue weighted by atomic mass is 10.1. The Labute approximate surface area is 85.1 Å². The van der Waals surface area contributed by atoms with Gasteiger partial charge in [0.2, 0.25) is 0 Å². The molecule has 0 rings (SSSR count). The molecule has 0 saturated heterocycles. The maximum Gasteiger partial charge on any atom is 0.169 e. The van der Waals surface area contributed by atoms with Crippen LogP contribution in [0, 0.1) is 0 Å². The van der Waals surface area contributed by atoms with Crippen molar-refractivity contribution in [2.24, 2.45) is 0 Å². The molecule has 66 valence electrons. The summed E-state index contributed by atoms with van der Waals surface area (Å²) in [5, 5.41) is 8.93. The zero-order valence-electron chi connectivity index (χ0n) is 6.74. The van der Waals surface area contributed by atoms with E-state index in [0.717, 1.165) is 17.3 Å². The summed E-state index contributed by atoms with van der Waals surface area (Å²) in [5.41, 5.74) is 0. The van der Waals surface area contributed by atoms with Crippen molar-refractivity contribution in [1.82, 2.24) is 0 Å². The fourth-order valence-corrected chi connectivity index (χ4v) is 1.29. The van der Waals surface area contributed by atoms with Crippen molar-refractivity contribution in [3.05, 3.63) is 9.15 Å². The van der Waals surface area contributed by atoms with E-state index >= 15 is 0 Å². The van der Waals surface area contributed by atoms with Crippen LogP contribution in [0.2, 0.25) is 0 Å². The number of halogens is 2. The fourth-order valence-electron chi connectivity index (χ4n) is 0.810. The van der Waals surface area contributed by atoms with E-state index in [1.54, 1.807) is 0 Å². The number of rotatable bonds is 5. The van der Waals surface area contributed by atoms with Gasteiger partial charge >= 0.3 is 0 Å². The second kappa shape index (κ2) is 7.17. The highest BCUT2D eigenvalue weighted by molar-refractivity contribution is 9.14. The average Bonchev–Trinajstić information content (AvgIpc) is 1.97. The van der Waals surface area contributed by atoms with Crippen molar-refractivity contribution >= 4 is 31.9 Å². The molecule has 0 radical (unpaired) electrons. The summed E-state index contributed by atoms with van der Waals surface area (Å²) in [5.74, 6) is 0. The van der Waals surface area contributed by atoms with Crippen molar-refractivity contribution < 1.29 is 5.11 Å². The Bertz CT molecular complexity index is 128. The van der Waals surface area contributed by atoms with Gasteiger partial charge in [-0.3, -0.25) is 0 Å². The quantitative estimate of drug-likeness (QED) is 0.583. The molecule has 0 aromatic rings. The van der Waals surface area contributed by atoms with Crippen LogP contribution < -0.4 is 0 Å². The third-order valence-electron chi connectivity index (χ3n) is 1.47. The molecule has 0 aliphatic rings. The predicted molar refractivity (Wildman–Crippen MR) is 56.3 cm³/mol. The van der Waals surface area contributed by atoms with Gasteiger partial charge in [-0.15, -0.1) is 0 Å². The van der Waals surface area contributed by atoms with E-state index in [9.17, 15) is 0 Å². The highest BCUT2D eigenvalue weighted by atomic mass is 79.9. The molecule has 1 N–H and O–H groups in total. The summed E-state index contributed by atoms with van der Waals surface area (Å²) in [6, 6.07) is 0. The fraction of sp³-hybridized carbons (Fsp3) is 0.750. The van der Waals surface area contributed by atoms with E-state index in [1.165, 1.54) is 19.3 Å². The monoisotopic (exact) mass is 284 g/mol. The van der Waals surface area contributed by atoms with Gasteiger partial charge in [0.05, 0.1) is 0 Å². The van der Waals surface area contributed by atoms with Gasteiger partial charge in [0.1, 0.15) is 0 Å². The van der Waals surface area contributed by atoms with Gasteiger partial charge in [-0.2, -0.15) is 0 Å². The Kier molecular flexibility index (Phi) is 7.49. The normalized spacial score (nSPS) is 13.0. The molecule has 11 heavy (non-hydrogen) atoms. The topological polar surface area (TPSA) is 20.2 Å². The van der Waals surface area contributed by atoms with Crippen LogP contribution >= 0.6 is 31.9 Å². The molecule has 1 nitrogen and oxygen atoms in total. The predicted octanol–water partition coefficient (Wildman–Crippen LogP) is 4.47. The molecule has 0 fully saturated rings. The molecule has 0 aliphatic heterocycles. The van der Waals surface area contributed by atoms with Crippen LogP contribution in [0.3, 0.4) is 0 Å². The molecular weight excluding hydrogens is 272 g/mol. The smallest absolute Gasteiger partial charge is 0.169 e. The van der Waals surface area contributed by atoms with Crippen molar-refractivity contribution in [3.63, 3.8) is 0 Å². The molecule has 0 aromatic heterocycles. The first-order valence-electron chi connectivity index (χ1n) is 3.91. The van der Waals surface area contributed by atoms with Crippen molar-refractivity contribution in [3.8, 4) is 0 Å². The maximum absolute atomic E-state index is 8.93. The van der Waals surface area contributed by atoms with Crippen molar-refractivity contribution in [1.29, 1.82) is 0 Å². The molecule has 0 aromatic carbocycles. The average molecular weight is 286 g/mol. The molecule has 0 aliphatic carbocycles. The Hall–Kier alpha value is 0.500. The summed E-state index contributed by atoms with van der Waals surface area (Å²) in [7, 11) is 0. The first-order valence-corrected chi connectivity index (χ1v) is 5.50. The highest BCUT2D eigenvalue weighted by Crippen LogP contribution is 2.21. The second-order valence-electron chi connectivity index (χ2n) is 2.51. The Morgan fingerprint density at radius 2 is 1.82 bits per heavy atom. The molecule has 0 spiro atoms. The second-order valence-corrected chi connectivity index (χ2v) is 4.21. The van der Waals surface area contributed by atoms with Crippen LogP contribution in [0.15, 0.2) is 9.15 Å². The van der Waals surface area contributed by atoms with Crippen molar-refractivity contribution in [2.75, 3.05) is 0 Å². The number of hydrogen-bond donors (Lipinski definition) is 1. The van der Waals surface area contributed by atoms with Gasteiger partial charge in [0, 0.05) is 4.48 Å². The molecule has 3 heteroatoms. The van der Waals surface area contributed by atoms with Crippen LogP contribution in [0.1, 0.15) is 39.0 Å². The largest absolute Gasteiger partial charge is 0.501 e. The van der Waals surface area contributed by atoms with Crippen LogP contribution in [0.25, 0.3) is 0 Å². The van der Waals surface area contributed by atoms with E-state index in [0.29, 0.717) is 0 Å². The number of allylic oxidation sites excluding steroid dienone is 1. The Balaban J connectivity index is 3.32. The minimum atomic E-state index is 0.231. The highest BCUT2D eigenvalue weighted by Gasteiger charge is 1.97. The van der Waals surface area contributed by atoms with Crippen molar-refractivity contribution in [2.45, 2.75) is 39.0 Å². The SMILES string of the molecule is CCCCCCC(Br)=C(O)Br. The van der Waals surface area contributed by atoms with Crippen LogP contribution in [-0.4, -0.2) is 5.11 Å².